The monoisotopic (exact) mass is 333 g/mol. The lowest BCUT2D eigenvalue weighted by atomic mass is 10.2. The fourth-order valence-corrected chi connectivity index (χ4v) is 2.40. The second kappa shape index (κ2) is 5.05. The molecule has 1 aliphatic rings. The Hall–Kier alpha value is -1.62. The minimum absolute atomic E-state index is 0.131. The van der Waals surface area contributed by atoms with Crippen LogP contribution in [0.2, 0.25) is 0 Å². The van der Waals surface area contributed by atoms with E-state index in [1.165, 1.54) is 0 Å². The van der Waals surface area contributed by atoms with Crippen LogP contribution < -0.4 is 5.32 Å². The zero-order valence-electron chi connectivity index (χ0n) is 11.5. The molecule has 1 aromatic carbocycles. The molecule has 0 saturated heterocycles. The third-order valence-corrected chi connectivity index (χ3v) is 4.68. The van der Waals surface area contributed by atoms with E-state index >= 15 is 0 Å². The number of hydrogen-bond acceptors (Lipinski definition) is 2. The van der Waals surface area contributed by atoms with E-state index in [1.807, 2.05) is 42.8 Å². The fraction of sp³-hybridized carbons (Fsp3) is 0.333. The summed E-state index contributed by atoms with van der Waals surface area (Å²) in [5.41, 5.74) is 3.86. The molecule has 1 aliphatic carbocycles. The maximum absolute atomic E-state index is 11.7. The van der Waals surface area contributed by atoms with Gasteiger partial charge in [-0.2, -0.15) is 5.10 Å². The van der Waals surface area contributed by atoms with Crippen LogP contribution in [-0.2, 0) is 4.79 Å². The topological polar surface area (TPSA) is 46.9 Å². The number of amides is 1. The molecule has 1 fully saturated rings. The van der Waals surface area contributed by atoms with E-state index in [9.17, 15) is 4.79 Å². The Morgan fingerprint density at radius 3 is 2.45 bits per heavy atom. The van der Waals surface area contributed by atoms with Crippen molar-refractivity contribution in [1.82, 2.24) is 9.78 Å². The second-order valence-corrected chi connectivity index (χ2v) is 6.00. The van der Waals surface area contributed by atoms with Gasteiger partial charge in [-0.05, 0) is 66.9 Å². The smallest absolute Gasteiger partial charge is 0.227 e. The molecule has 20 heavy (non-hydrogen) atoms. The van der Waals surface area contributed by atoms with E-state index in [4.69, 9.17) is 0 Å². The van der Waals surface area contributed by atoms with Crippen LogP contribution in [0.25, 0.3) is 5.69 Å². The van der Waals surface area contributed by atoms with Gasteiger partial charge in [-0.15, -0.1) is 0 Å². The Morgan fingerprint density at radius 2 is 1.95 bits per heavy atom. The molecule has 0 spiro atoms. The molecule has 0 unspecified atom stereocenters. The summed E-state index contributed by atoms with van der Waals surface area (Å²) in [6, 6.07) is 7.77. The Balaban J connectivity index is 1.81. The van der Waals surface area contributed by atoms with Crippen LogP contribution in [0.15, 0.2) is 28.7 Å². The van der Waals surface area contributed by atoms with Gasteiger partial charge < -0.3 is 5.32 Å². The fourth-order valence-electron chi connectivity index (χ4n) is 2.15. The van der Waals surface area contributed by atoms with E-state index in [0.717, 1.165) is 40.1 Å². The average molecular weight is 334 g/mol. The molecule has 0 radical (unpaired) electrons. The molecule has 1 heterocycles. The van der Waals surface area contributed by atoms with Crippen LogP contribution in [0.4, 0.5) is 5.69 Å². The van der Waals surface area contributed by atoms with Crippen LogP contribution in [-0.4, -0.2) is 15.7 Å². The van der Waals surface area contributed by atoms with Crippen molar-refractivity contribution < 1.29 is 4.79 Å². The molecule has 3 rings (SSSR count). The normalized spacial score (nSPS) is 14.3. The Morgan fingerprint density at radius 1 is 1.30 bits per heavy atom. The molecule has 5 heteroatoms. The summed E-state index contributed by atoms with van der Waals surface area (Å²) in [6.07, 6.45) is 2.04. The number of nitrogens with one attached hydrogen (secondary N) is 1. The number of nitrogens with zero attached hydrogens (tertiary/aromatic N) is 2. The molecule has 1 N–H and O–H groups in total. The first-order valence-corrected chi connectivity index (χ1v) is 7.48. The van der Waals surface area contributed by atoms with Gasteiger partial charge in [-0.25, -0.2) is 4.68 Å². The molecule has 4 nitrogen and oxygen atoms in total. The van der Waals surface area contributed by atoms with Gasteiger partial charge in [0.15, 0.2) is 0 Å². The minimum atomic E-state index is 0.131. The van der Waals surface area contributed by atoms with Gasteiger partial charge in [-0.1, -0.05) is 0 Å². The first kappa shape index (κ1) is 13.4. The maximum atomic E-state index is 11.7. The van der Waals surface area contributed by atoms with Gasteiger partial charge in [0.05, 0.1) is 21.5 Å². The summed E-state index contributed by atoms with van der Waals surface area (Å²) < 4.78 is 2.93. The Bertz CT molecular complexity index is 657. The van der Waals surface area contributed by atoms with E-state index < -0.39 is 0 Å². The van der Waals surface area contributed by atoms with E-state index in [1.54, 1.807) is 0 Å². The molecular weight excluding hydrogens is 318 g/mol. The summed E-state index contributed by atoms with van der Waals surface area (Å²) in [5.74, 6) is 0.355. The Kier molecular flexibility index (Phi) is 3.38. The second-order valence-electron chi connectivity index (χ2n) is 5.21. The number of rotatable bonds is 3. The quantitative estimate of drug-likeness (QED) is 0.932. The van der Waals surface area contributed by atoms with Gasteiger partial charge in [0, 0.05) is 11.6 Å². The predicted octanol–water partition coefficient (Wildman–Crippen LogP) is 3.60. The number of anilines is 1. The molecule has 104 valence electrons. The lowest BCUT2D eigenvalue weighted by molar-refractivity contribution is -0.117. The van der Waals surface area contributed by atoms with Gasteiger partial charge in [0.2, 0.25) is 5.91 Å². The first-order chi connectivity index (χ1) is 9.56. The number of benzene rings is 1. The minimum Gasteiger partial charge on any atom is -0.326 e. The molecule has 0 atom stereocenters. The highest BCUT2D eigenvalue weighted by Gasteiger charge is 2.29. The van der Waals surface area contributed by atoms with Gasteiger partial charge in [0.1, 0.15) is 0 Å². The van der Waals surface area contributed by atoms with Crippen molar-refractivity contribution in [2.24, 2.45) is 5.92 Å². The lowest BCUT2D eigenvalue weighted by Gasteiger charge is -2.07. The first-order valence-electron chi connectivity index (χ1n) is 6.69. The molecule has 1 saturated carbocycles. The molecule has 0 bridgehead atoms. The van der Waals surface area contributed by atoms with E-state index in [-0.39, 0.29) is 11.8 Å². The van der Waals surface area contributed by atoms with Gasteiger partial charge in [-0.3, -0.25) is 4.79 Å². The van der Waals surface area contributed by atoms with Crippen LogP contribution in [0.5, 0.6) is 0 Å². The van der Waals surface area contributed by atoms with Crippen LogP contribution in [0.3, 0.4) is 0 Å². The summed E-state index contributed by atoms with van der Waals surface area (Å²) in [7, 11) is 0. The molecule has 2 aromatic rings. The molecule has 1 amide bonds. The van der Waals surface area contributed by atoms with Crippen LogP contribution in [0.1, 0.15) is 24.2 Å². The van der Waals surface area contributed by atoms with Crippen molar-refractivity contribution in [1.29, 1.82) is 0 Å². The number of aromatic nitrogens is 2. The highest BCUT2D eigenvalue weighted by Crippen LogP contribution is 2.30. The summed E-state index contributed by atoms with van der Waals surface area (Å²) >= 11 is 3.53. The van der Waals surface area contributed by atoms with Gasteiger partial charge in [0.25, 0.3) is 0 Å². The van der Waals surface area contributed by atoms with E-state index in [2.05, 4.69) is 26.3 Å². The van der Waals surface area contributed by atoms with Crippen LogP contribution in [0, 0.1) is 19.8 Å². The molecule has 1 aromatic heterocycles. The summed E-state index contributed by atoms with van der Waals surface area (Å²) in [4.78, 5) is 11.7. The zero-order valence-corrected chi connectivity index (χ0v) is 13.1. The zero-order chi connectivity index (χ0) is 14.3. The number of carbonyl (C=O) groups is 1. The number of hydrogen-bond donors (Lipinski definition) is 1. The van der Waals surface area contributed by atoms with Crippen molar-refractivity contribution in [3.63, 3.8) is 0 Å². The summed E-state index contributed by atoms with van der Waals surface area (Å²) in [6.45, 7) is 3.99. The van der Waals surface area contributed by atoms with Crippen molar-refractivity contribution in [3.05, 3.63) is 40.1 Å². The van der Waals surface area contributed by atoms with Crippen molar-refractivity contribution in [3.8, 4) is 5.69 Å². The van der Waals surface area contributed by atoms with Crippen molar-refractivity contribution in [2.45, 2.75) is 26.7 Å². The molecular formula is C15H16BrN3O. The number of aryl methyl sites for hydroxylation is 1. The lowest BCUT2D eigenvalue weighted by Crippen LogP contribution is -2.13. The summed E-state index contributed by atoms with van der Waals surface area (Å²) in [5, 5.41) is 7.43. The highest BCUT2D eigenvalue weighted by molar-refractivity contribution is 9.10. The highest BCUT2D eigenvalue weighted by atomic mass is 79.9. The largest absolute Gasteiger partial charge is 0.326 e. The van der Waals surface area contributed by atoms with Crippen molar-refractivity contribution >= 4 is 27.5 Å². The average Bonchev–Trinajstić information content (AvgIpc) is 3.25. The maximum Gasteiger partial charge on any atom is 0.227 e. The molecule has 0 aliphatic heterocycles. The Labute approximate surface area is 126 Å². The number of halogens is 1. The SMILES string of the molecule is Cc1nn(-c2ccc(NC(=O)C3CC3)cc2)c(C)c1Br. The third-order valence-electron chi connectivity index (χ3n) is 3.53. The van der Waals surface area contributed by atoms with Gasteiger partial charge >= 0.3 is 0 Å². The predicted molar refractivity (Wildman–Crippen MR) is 82.1 cm³/mol. The van der Waals surface area contributed by atoms with Crippen LogP contribution >= 0.6 is 15.9 Å². The number of carbonyl (C=O) groups excluding carboxylic acids is 1. The standard InChI is InChI=1S/C15H16BrN3O/c1-9-14(16)10(2)19(18-9)13-7-5-12(6-8-13)17-15(20)11-3-4-11/h5-8,11H,3-4H2,1-2H3,(H,17,20). The van der Waals surface area contributed by atoms with Crippen molar-refractivity contribution in [2.75, 3.05) is 5.32 Å². The third kappa shape index (κ3) is 2.50. The van der Waals surface area contributed by atoms with E-state index in [0.29, 0.717) is 0 Å².